The number of hydrogen-bond donors (Lipinski definition) is 1. The summed E-state index contributed by atoms with van der Waals surface area (Å²) in [6, 6.07) is 13.4. The number of rotatable bonds is 2. The van der Waals surface area contributed by atoms with Crippen LogP contribution in [0.2, 0.25) is 10.0 Å². The van der Waals surface area contributed by atoms with Crippen molar-refractivity contribution < 1.29 is 4.79 Å². The lowest BCUT2D eigenvalue weighted by Gasteiger charge is -2.36. The number of urea groups is 1. The lowest BCUT2D eigenvalue weighted by Crippen LogP contribution is -2.50. The highest BCUT2D eigenvalue weighted by Gasteiger charge is 2.22. The number of carbonyl (C=O) groups is 1. The van der Waals surface area contributed by atoms with Crippen molar-refractivity contribution in [3.8, 4) is 0 Å². The third-order valence-corrected chi connectivity index (χ3v) is 4.79. The highest BCUT2D eigenvalue weighted by Crippen LogP contribution is 2.30. The van der Waals surface area contributed by atoms with E-state index in [-0.39, 0.29) is 6.03 Å². The Kier molecular flexibility index (Phi) is 5.17. The molecule has 1 aliphatic heterocycles. The number of carbonyl (C=O) groups excluding carboxylic acids is 1. The minimum absolute atomic E-state index is 0.173. The summed E-state index contributed by atoms with van der Waals surface area (Å²) in [6.45, 7) is 4.98. The van der Waals surface area contributed by atoms with Gasteiger partial charge in [-0.25, -0.2) is 4.79 Å². The average Bonchev–Trinajstić information content (AvgIpc) is 2.59. The molecule has 126 valence electrons. The third-order valence-electron chi connectivity index (χ3n) is 4.16. The van der Waals surface area contributed by atoms with Crippen molar-refractivity contribution in [1.29, 1.82) is 0 Å². The molecule has 2 aromatic rings. The maximum atomic E-state index is 12.4. The molecular formula is C18H19Cl2N3O. The number of piperazine rings is 1. The summed E-state index contributed by atoms with van der Waals surface area (Å²) in [5.74, 6) is 0. The van der Waals surface area contributed by atoms with Gasteiger partial charge in [-0.2, -0.15) is 0 Å². The predicted octanol–water partition coefficient (Wildman–Crippen LogP) is 4.66. The van der Waals surface area contributed by atoms with Gasteiger partial charge in [0.2, 0.25) is 0 Å². The van der Waals surface area contributed by atoms with E-state index in [1.807, 2.05) is 0 Å². The molecule has 24 heavy (non-hydrogen) atoms. The molecule has 1 fully saturated rings. The van der Waals surface area contributed by atoms with Crippen molar-refractivity contribution in [3.05, 3.63) is 58.1 Å². The molecule has 0 bridgehead atoms. The summed E-state index contributed by atoms with van der Waals surface area (Å²) in [5.41, 5.74) is 2.90. The van der Waals surface area contributed by atoms with E-state index in [1.165, 1.54) is 11.3 Å². The largest absolute Gasteiger partial charge is 0.368 e. The van der Waals surface area contributed by atoms with E-state index in [1.54, 1.807) is 23.1 Å². The van der Waals surface area contributed by atoms with Crippen molar-refractivity contribution in [3.63, 3.8) is 0 Å². The van der Waals surface area contributed by atoms with E-state index >= 15 is 0 Å². The van der Waals surface area contributed by atoms with Crippen LogP contribution >= 0.6 is 23.2 Å². The summed E-state index contributed by atoms with van der Waals surface area (Å²) in [6.07, 6.45) is 0. The number of halogens is 2. The number of nitrogens with one attached hydrogen (secondary N) is 1. The van der Waals surface area contributed by atoms with Crippen LogP contribution in [0.15, 0.2) is 42.5 Å². The van der Waals surface area contributed by atoms with Gasteiger partial charge in [0.1, 0.15) is 0 Å². The van der Waals surface area contributed by atoms with E-state index < -0.39 is 0 Å². The van der Waals surface area contributed by atoms with Gasteiger partial charge in [-0.05, 0) is 31.2 Å². The monoisotopic (exact) mass is 363 g/mol. The fourth-order valence-corrected chi connectivity index (χ4v) is 3.22. The average molecular weight is 364 g/mol. The molecule has 1 saturated heterocycles. The molecule has 0 aliphatic carbocycles. The van der Waals surface area contributed by atoms with Gasteiger partial charge in [0.25, 0.3) is 0 Å². The number of nitrogens with zero attached hydrogens (tertiary/aromatic N) is 2. The Balaban J connectivity index is 1.60. The Bertz CT molecular complexity index is 705. The maximum Gasteiger partial charge on any atom is 0.322 e. The Hall–Kier alpha value is -1.91. The third kappa shape index (κ3) is 3.77. The van der Waals surface area contributed by atoms with E-state index in [9.17, 15) is 4.79 Å². The molecule has 0 spiro atoms. The number of aryl methyl sites for hydroxylation is 1. The maximum absolute atomic E-state index is 12.4. The van der Waals surface area contributed by atoms with Gasteiger partial charge in [0.15, 0.2) is 0 Å². The minimum atomic E-state index is -0.173. The molecule has 0 saturated carbocycles. The van der Waals surface area contributed by atoms with E-state index in [2.05, 4.69) is 41.4 Å². The first-order valence-corrected chi connectivity index (χ1v) is 8.62. The number of para-hydroxylation sites is 1. The summed E-state index contributed by atoms with van der Waals surface area (Å²) in [4.78, 5) is 16.5. The van der Waals surface area contributed by atoms with Crippen molar-refractivity contribution in [2.45, 2.75) is 6.92 Å². The molecule has 0 atom stereocenters. The lowest BCUT2D eigenvalue weighted by atomic mass is 10.2. The summed E-state index contributed by atoms with van der Waals surface area (Å²) < 4.78 is 0. The topological polar surface area (TPSA) is 35.6 Å². The predicted molar refractivity (Wildman–Crippen MR) is 100 cm³/mol. The quantitative estimate of drug-likeness (QED) is 0.842. The Labute approximate surface area is 152 Å². The number of anilines is 2. The van der Waals surface area contributed by atoms with Crippen molar-refractivity contribution in [2.75, 3.05) is 36.4 Å². The number of benzene rings is 2. The van der Waals surface area contributed by atoms with Crippen LogP contribution in [-0.2, 0) is 0 Å². The van der Waals surface area contributed by atoms with Crippen molar-refractivity contribution >= 4 is 40.6 Å². The molecule has 1 N–H and O–H groups in total. The van der Waals surface area contributed by atoms with Crippen molar-refractivity contribution in [2.24, 2.45) is 0 Å². The summed E-state index contributed by atoms with van der Waals surface area (Å²) >= 11 is 12.2. The molecule has 3 rings (SSSR count). The molecule has 0 radical (unpaired) electrons. The van der Waals surface area contributed by atoms with Gasteiger partial charge >= 0.3 is 6.03 Å². The molecule has 6 heteroatoms. The SMILES string of the molecule is Cc1ccc(N2CCN(C(=O)Nc3c(Cl)cccc3Cl)CC2)cc1. The second-order valence-electron chi connectivity index (χ2n) is 5.84. The first kappa shape index (κ1) is 16.9. The van der Waals surface area contributed by atoms with Crippen LogP contribution < -0.4 is 10.2 Å². The van der Waals surface area contributed by atoms with Gasteiger partial charge < -0.3 is 15.1 Å². The fraction of sp³-hybridized carbons (Fsp3) is 0.278. The summed E-state index contributed by atoms with van der Waals surface area (Å²) in [5, 5.41) is 3.69. The molecule has 2 aromatic carbocycles. The van der Waals surface area contributed by atoms with Crippen LogP contribution in [0, 0.1) is 6.92 Å². The zero-order valence-electron chi connectivity index (χ0n) is 13.4. The van der Waals surface area contributed by atoms with Gasteiger partial charge in [0, 0.05) is 31.9 Å². The van der Waals surface area contributed by atoms with Crippen LogP contribution in [0.4, 0.5) is 16.2 Å². The van der Waals surface area contributed by atoms with E-state index in [0.717, 1.165) is 13.1 Å². The van der Waals surface area contributed by atoms with Gasteiger partial charge in [-0.3, -0.25) is 0 Å². The standard InChI is InChI=1S/C18H19Cl2N3O/c1-13-5-7-14(8-6-13)22-9-11-23(12-10-22)18(24)21-17-15(19)3-2-4-16(17)20/h2-8H,9-12H2,1H3,(H,21,24). The van der Waals surface area contributed by atoms with Crippen LogP contribution in [-0.4, -0.2) is 37.1 Å². The lowest BCUT2D eigenvalue weighted by molar-refractivity contribution is 0.208. The number of amides is 2. The highest BCUT2D eigenvalue weighted by atomic mass is 35.5. The molecular weight excluding hydrogens is 345 g/mol. The number of hydrogen-bond acceptors (Lipinski definition) is 2. The minimum Gasteiger partial charge on any atom is -0.368 e. The van der Waals surface area contributed by atoms with Gasteiger partial charge in [0.05, 0.1) is 15.7 Å². The normalized spacial score (nSPS) is 14.6. The highest BCUT2D eigenvalue weighted by molar-refractivity contribution is 6.39. The van der Waals surface area contributed by atoms with Crippen LogP contribution in [0.3, 0.4) is 0 Å². The Morgan fingerprint density at radius 3 is 2.12 bits per heavy atom. The molecule has 0 aromatic heterocycles. The smallest absolute Gasteiger partial charge is 0.322 e. The zero-order valence-corrected chi connectivity index (χ0v) is 14.9. The first-order chi connectivity index (χ1) is 11.5. The first-order valence-electron chi connectivity index (χ1n) is 7.86. The summed E-state index contributed by atoms with van der Waals surface area (Å²) in [7, 11) is 0. The van der Waals surface area contributed by atoms with Gasteiger partial charge in [-0.1, -0.05) is 47.0 Å². The fourth-order valence-electron chi connectivity index (χ4n) is 2.73. The zero-order chi connectivity index (χ0) is 17.1. The molecule has 4 nitrogen and oxygen atoms in total. The van der Waals surface area contributed by atoms with Crippen LogP contribution in [0.25, 0.3) is 0 Å². The molecule has 1 heterocycles. The second-order valence-corrected chi connectivity index (χ2v) is 6.65. The van der Waals surface area contributed by atoms with E-state index in [4.69, 9.17) is 23.2 Å². The van der Waals surface area contributed by atoms with E-state index in [0.29, 0.717) is 28.8 Å². The van der Waals surface area contributed by atoms with Crippen LogP contribution in [0.5, 0.6) is 0 Å². The van der Waals surface area contributed by atoms with Crippen LogP contribution in [0.1, 0.15) is 5.56 Å². The molecule has 0 unspecified atom stereocenters. The molecule has 1 aliphatic rings. The van der Waals surface area contributed by atoms with Crippen molar-refractivity contribution in [1.82, 2.24) is 4.90 Å². The Morgan fingerprint density at radius 2 is 1.54 bits per heavy atom. The Morgan fingerprint density at radius 1 is 0.958 bits per heavy atom. The second kappa shape index (κ2) is 7.32. The van der Waals surface area contributed by atoms with Gasteiger partial charge in [-0.15, -0.1) is 0 Å². The molecule has 2 amide bonds.